The maximum Gasteiger partial charge on any atom is 0.0175 e. The van der Waals surface area contributed by atoms with Gasteiger partial charge in [0.2, 0.25) is 0 Å². The molecular formula is C8H23N4. The van der Waals surface area contributed by atoms with Crippen molar-refractivity contribution in [2.45, 2.75) is 12.5 Å². The molecule has 0 aromatic heterocycles. The summed E-state index contributed by atoms with van der Waals surface area (Å²) in [6, 6.07) is 0.102. The molecule has 0 bridgehead atoms. The van der Waals surface area contributed by atoms with Gasteiger partial charge in [-0.1, -0.05) is 0 Å². The van der Waals surface area contributed by atoms with Gasteiger partial charge >= 0.3 is 0 Å². The zero-order valence-electron chi connectivity index (χ0n) is 7.84. The summed E-state index contributed by atoms with van der Waals surface area (Å²) in [5.74, 6) is 0. The van der Waals surface area contributed by atoms with Crippen LogP contribution in [0.15, 0.2) is 13.2 Å². The highest BCUT2D eigenvalue weighted by Crippen LogP contribution is 1.77. The Morgan fingerprint density at radius 3 is 1.50 bits per heavy atom. The minimum absolute atomic E-state index is 0.102. The van der Waals surface area contributed by atoms with Gasteiger partial charge in [0, 0.05) is 12.6 Å². The molecule has 75 valence electrons. The van der Waals surface area contributed by atoms with Crippen LogP contribution >= 0.6 is 0 Å². The second-order valence-electron chi connectivity index (χ2n) is 1.86. The summed E-state index contributed by atoms with van der Waals surface area (Å²) < 4.78 is 0. The molecule has 8 N–H and O–H groups in total. The molecule has 0 aliphatic heterocycles. The van der Waals surface area contributed by atoms with Crippen molar-refractivity contribution >= 4 is 0 Å². The van der Waals surface area contributed by atoms with E-state index in [1.54, 1.807) is 0 Å². The second kappa shape index (κ2) is 22.4. The quantitative estimate of drug-likeness (QED) is 0.422. The van der Waals surface area contributed by atoms with Gasteiger partial charge < -0.3 is 22.9 Å². The maximum atomic E-state index is 5.38. The molecule has 0 fully saturated rings. The molecule has 0 amide bonds. The largest absolute Gasteiger partial charge is 0.330 e. The first-order valence-corrected chi connectivity index (χ1v) is 3.87. The zero-order chi connectivity index (χ0) is 10.4. The fourth-order valence-electron chi connectivity index (χ4n) is 0.332. The van der Waals surface area contributed by atoms with Gasteiger partial charge in [0.25, 0.3) is 0 Å². The molecule has 0 spiro atoms. The molecule has 0 rings (SSSR count). The minimum atomic E-state index is 0.102. The summed E-state index contributed by atoms with van der Waals surface area (Å²) in [7, 11) is 0. The summed E-state index contributed by atoms with van der Waals surface area (Å²) in [6.07, 6.45) is 0.830. The van der Waals surface area contributed by atoms with E-state index in [1.165, 1.54) is 0 Å². The molecule has 0 aliphatic rings. The van der Waals surface area contributed by atoms with Crippen LogP contribution in [0, 0.1) is 6.92 Å². The third-order valence-corrected chi connectivity index (χ3v) is 0.840. The molecule has 12 heavy (non-hydrogen) atoms. The summed E-state index contributed by atoms with van der Waals surface area (Å²) in [5.41, 5.74) is 20.5. The van der Waals surface area contributed by atoms with Gasteiger partial charge in [-0.3, -0.25) is 0 Å². The van der Waals surface area contributed by atoms with E-state index in [0.29, 0.717) is 19.6 Å². The van der Waals surface area contributed by atoms with Gasteiger partial charge in [-0.05, 0) is 26.4 Å². The highest BCUT2D eigenvalue weighted by Gasteiger charge is 1.93. The van der Waals surface area contributed by atoms with E-state index in [2.05, 4.69) is 20.1 Å². The van der Waals surface area contributed by atoms with Crippen LogP contribution in [0.25, 0.3) is 0 Å². The van der Waals surface area contributed by atoms with Crippen LogP contribution < -0.4 is 22.9 Å². The molecule has 0 heterocycles. The highest BCUT2D eigenvalue weighted by atomic mass is 14.7. The van der Waals surface area contributed by atoms with Crippen molar-refractivity contribution in [3.05, 3.63) is 20.1 Å². The van der Waals surface area contributed by atoms with Crippen molar-refractivity contribution in [2.24, 2.45) is 22.9 Å². The molecule has 4 nitrogen and oxygen atoms in total. The van der Waals surface area contributed by atoms with Crippen molar-refractivity contribution in [2.75, 3.05) is 19.6 Å². The molecule has 1 unspecified atom stereocenters. The van der Waals surface area contributed by atoms with Crippen LogP contribution in [-0.2, 0) is 0 Å². The third kappa shape index (κ3) is 33.6. The lowest BCUT2D eigenvalue weighted by molar-refractivity contribution is 0.631. The van der Waals surface area contributed by atoms with Crippen molar-refractivity contribution < 1.29 is 0 Å². The normalized spacial score (nSPS) is 10.1. The Morgan fingerprint density at radius 1 is 1.08 bits per heavy atom. The smallest absolute Gasteiger partial charge is 0.0175 e. The SMILES string of the molecule is C=C.NCCC(N)CN.[CH2]CN. The second-order valence-corrected chi connectivity index (χ2v) is 1.86. The molecule has 0 saturated heterocycles. The zero-order valence-corrected chi connectivity index (χ0v) is 7.84. The van der Waals surface area contributed by atoms with Gasteiger partial charge in [-0.25, -0.2) is 0 Å². The predicted octanol–water partition coefficient (Wildman–Crippen LogP) is -0.797. The highest BCUT2D eigenvalue weighted by molar-refractivity contribution is 4.60. The van der Waals surface area contributed by atoms with E-state index in [9.17, 15) is 0 Å². The van der Waals surface area contributed by atoms with E-state index in [1.807, 2.05) is 0 Å². The van der Waals surface area contributed by atoms with E-state index in [-0.39, 0.29) is 6.04 Å². The van der Waals surface area contributed by atoms with Gasteiger partial charge in [0.05, 0.1) is 0 Å². The molecule has 1 atom stereocenters. The van der Waals surface area contributed by atoms with E-state index >= 15 is 0 Å². The molecule has 0 aromatic rings. The van der Waals surface area contributed by atoms with Crippen molar-refractivity contribution in [3.8, 4) is 0 Å². The number of hydrogen-bond donors (Lipinski definition) is 4. The van der Waals surface area contributed by atoms with Crippen LogP contribution in [0.2, 0.25) is 0 Å². The Bertz CT molecular complexity index is 59.0. The van der Waals surface area contributed by atoms with Crippen LogP contribution in [-0.4, -0.2) is 25.7 Å². The van der Waals surface area contributed by atoms with Crippen LogP contribution in [0.5, 0.6) is 0 Å². The molecule has 0 aromatic carbocycles. The predicted molar refractivity (Wildman–Crippen MR) is 56.4 cm³/mol. The molecule has 1 radical (unpaired) electrons. The van der Waals surface area contributed by atoms with Crippen molar-refractivity contribution in [3.63, 3.8) is 0 Å². The van der Waals surface area contributed by atoms with E-state index < -0.39 is 0 Å². The fraction of sp³-hybridized carbons (Fsp3) is 0.625. The summed E-state index contributed by atoms with van der Waals surface area (Å²) in [4.78, 5) is 0. The van der Waals surface area contributed by atoms with E-state index in [4.69, 9.17) is 22.9 Å². The van der Waals surface area contributed by atoms with Gasteiger partial charge in [0.15, 0.2) is 0 Å². The number of nitrogens with two attached hydrogens (primary N) is 4. The lowest BCUT2D eigenvalue weighted by atomic mass is 10.2. The number of rotatable bonds is 3. The molecular weight excluding hydrogens is 152 g/mol. The van der Waals surface area contributed by atoms with Crippen molar-refractivity contribution in [1.29, 1.82) is 0 Å². The fourth-order valence-corrected chi connectivity index (χ4v) is 0.332. The Kier molecular flexibility index (Phi) is 32.9. The van der Waals surface area contributed by atoms with Gasteiger partial charge in [-0.15, -0.1) is 13.2 Å². The third-order valence-electron chi connectivity index (χ3n) is 0.840. The Balaban J connectivity index is -0.000000137. The van der Waals surface area contributed by atoms with Gasteiger partial charge in [0.1, 0.15) is 0 Å². The Morgan fingerprint density at radius 2 is 1.42 bits per heavy atom. The first-order valence-electron chi connectivity index (χ1n) is 3.87. The Labute approximate surface area is 76.0 Å². The van der Waals surface area contributed by atoms with Crippen molar-refractivity contribution in [1.82, 2.24) is 0 Å². The monoisotopic (exact) mass is 175 g/mol. The van der Waals surface area contributed by atoms with E-state index in [0.717, 1.165) is 6.42 Å². The average molecular weight is 175 g/mol. The first kappa shape index (κ1) is 17.6. The van der Waals surface area contributed by atoms with Crippen LogP contribution in [0.4, 0.5) is 0 Å². The van der Waals surface area contributed by atoms with Crippen LogP contribution in [0.1, 0.15) is 6.42 Å². The maximum absolute atomic E-state index is 5.38. The Hall–Kier alpha value is -0.420. The topological polar surface area (TPSA) is 104 Å². The standard InChI is InChI=1S/C4H13N3.C2H6N.C2H4/c5-2-1-4(7)3-6;1-2-3;1-2/h4H,1-3,5-7H2;1-3H2;1-2H2. The minimum Gasteiger partial charge on any atom is -0.330 e. The molecule has 0 aliphatic carbocycles. The number of hydrogen-bond acceptors (Lipinski definition) is 4. The summed E-state index contributed by atoms with van der Waals surface area (Å²) in [6.45, 7) is 10.9. The molecule has 0 saturated carbocycles. The van der Waals surface area contributed by atoms with Crippen LogP contribution in [0.3, 0.4) is 0 Å². The van der Waals surface area contributed by atoms with Gasteiger partial charge in [-0.2, -0.15) is 0 Å². The lowest BCUT2D eigenvalue weighted by Crippen LogP contribution is -2.31. The molecule has 4 heteroatoms. The lowest BCUT2D eigenvalue weighted by Gasteiger charge is -2.03. The summed E-state index contributed by atoms with van der Waals surface area (Å²) in [5, 5.41) is 0. The summed E-state index contributed by atoms with van der Waals surface area (Å²) >= 11 is 0. The average Bonchev–Trinajstić information content (AvgIpc) is 2.10. The first-order chi connectivity index (χ1) is 5.72.